The monoisotopic (exact) mass is 559 g/mol. The Kier molecular flexibility index (Phi) is 7.05. The summed E-state index contributed by atoms with van der Waals surface area (Å²) in [5.41, 5.74) is -0.674. The highest BCUT2D eigenvalue weighted by Gasteiger charge is 2.52. The Labute approximate surface area is 231 Å². The summed E-state index contributed by atoms with van der Waals surface area (Å²) < 4.78 is 37.0. The predicted octanol–water partition coefficient (Wildman–Crippen LogP) is 3.64. The Morgan fingerprint density at radius 3 is 2.62 bits per heavy atom. The molecule has 2 amide bonds. The first-order chi connectivity index (χ1) is 18.5. The summed E-state index contributed by atoms with van der Waals surface area (Å²) in [4.78, 5) is 38.1. The van der Waals surface area contributed by atoms with Gasteiger partial charge in [-0.2, -0.15) is 0 Å². The van der Waals surface area contributed by atoms with E-state index in [1.165, 1.54) is 12.1 Å². The Morgan fingerprint density at radius 1 is 1.26 bits per heavy atom. The second-order valence-electron chi connectivity index (χ2n) is 10.9. The van der Waals surface area contributed by atoms with Gasteiger partial charge in [0.2, 0.25) is 5.91 Å². The molecule has 4 heterocycles. The highest BCUT2D eigenvalue weighted by molar-refractivity contribution is 6.35. The molecule has 5 rings (SSSR count). The molecular formula is C28H32ClF2N5O3. The molecule has 0 saturated carbocycles. The lowest BCUT2D eigenvalue weighted by molar-refractivity contribution is -0.128. The van der Waals surface area contributed by atoms with E-state index in [1.54, 1.807) is 60.8 Å². The van der Waals surface area contributed by atoms with Crippen molar-refractivity contribution in [2.45, 2.75) is 37.6 Å². The SMILES string of the molecule is C=CC(=O)N1CCN2C(=O)c3c(N4C[C@@H](N(C)C)C(F)C4(C)C)nc(-c4ccccc4F)c(Cl)c3OCC2C1. The molecule has 8 nitrogen and oxygen atoms in total. The van der Waals surface area contributed by atoms with Crippen molar-refractivity contribution in [3.8, 4) is 17.0 Å². The van der Waals surface area contributed by atoms with Crippen molar-refractivity contribution < 1.29 is 23.1 Å². The van der Waals surface area contributed by atoms with Gasteiger partial charge in [0.15, 0.2) is 5.75 Å². The van der Waals surface area contributed by atoms with Gasteiger partial charge in [0, 0.05) is 31.7 Å². The zero-order valence-corrected chi connectivity index (χ0v) is 23.2. The molecule has 2 aromatic rings. The summed E-state index contributed by atoms with van der Waals surface area (Å²) in [7, 11) is 3.61. The molecular weight excluding hydrogens is 528 g/mol. The quantitative estimate of drug-likeness (QED) is 0.533. The van der Waals surface area contributed by atoms with Crippen LogP contribution in [-0.2, 0) is 4.79 Å². The van der Waals surface area contributed by atoms with Gasteiger partial charge in [-0.05, 0) is 46.2 Å². The second kappa shape index (κ2) is 10.1. The molecule has 3 aliphatic rings. The fourth-order valence-corrected chi connectivity index (χ4v) is 6.01. The number of carbonyl (C=O) groups is 2. The molecule has 0 radical (unpaired) electrons. The molecule has 1 aromatic carbocycles. The number of carbonyl (C=O) groups excluding carboxylic acids is 2. The fourth-order valence-electron chi connectivity index (χ4n) is 5.72. The minimum absolute atomic E-state index is 0.00373. The molecule has 11 heteroatoms. The van der Waals surface area contributed by atoms with Crippen LogP contribution in [0.5, 0.6) is 5.75 Å². The van der Waals surface area contributed by atoms with E-state index in [0.717, 1.165) is 0 Å². The highest BCUT2D eigenvalue weighted by atomic mass is 35.5. The third-order valence-corrected chi connectivity index (χ3v) is 8.42. The van der Waals surface area contributed by atoms with Crippen molar-refractivity contribution in [1.82, 2.24) is 19.7 Å². The third-order valence-electron chi connectivity index (χ3n) is 8.07. The van der Waals surface area contributed by atoms with E-state index in [4.69, 9.17) is 21.3 Å². The van der Waals surface area contributed by atoms with Crippen molar-refractivity contribution in [3.05, 3.63) is 53.3 Å². The minimum atomic E-state index is -1.26. The summed E-state index contributed by atoms with van der Waals surface area (Å²) in [5.74, 6) is -0.861. The van der Waals surface area contributed by atoms with Gasteiger partial charge in [-0.3, -0.25) is 9.59 Å². The molecule has 2 unspecified atom stereocenters. The number of rotatable bonds is 4. The molecule has 0 N–H and O–H groups in total. The fraction of sp³-hybridized carbons (Fsp3) is 0.464. The van der Waals surface area contributed by atoms with Crippen molar-refractivity contribution in [2.75, 3.05) is 51.8 Å². The number of fused-ring (bicyclic) bond motifs is 2. The molecule has 0 aliphatic carbocycles. The van der Waals surface area contributed by atoms with Gasteiger partial charge >= 0.3 is 0 Å². The van der Waals surface area contributed by atoms with Crippen LogP contribution in [0, 0.1) is 5.82 Å². The van der Waals surface area contributed by atoms with Crippen LogP contribution in [0.4, 0.5) is 14.6 Å². The van der Waals surface area contributed by atoms with Crippen LogP contribution in [0.25, 0.3) is 11.3 Å². The molecule has 3 aliphatic heterocycles. The van der Waals surface area contributed by atoms with Crippen LogP contribution in [0.15, 0.2) is 36.9 Å². The first-order valence-electron chi connectivity index (χ1n) is 12.9. The summed E-state index contributed by atoms with van der Waals surface area (Å²) in [6.45, 7) is 8.25. The number of hydrogen-bond acceptors (Lipinski definition) is 6. The smallest absolute Gasteiger partial charge is 0.261 e. The van der Waals surface area contributed by atoms with Gasteiger partial charge in [-0.15, -0.1) is 0 Å². The van der Waals surface area contributed by atoms with E-state index in [-0.39, 0.29) is 71.5 Å². The summed E-state index contributed by atoms with van der Waals surface area (Å²) in [6, 6.07) is 5.17. The number of halogens is 3. The molecule has 39 heavy (non-hydrogen) atoms. The lowest BCUT2D eigenvalue weighted by atomic mass is 9.96. The number of nitrogens with zero attached hydrogens (tertiary/aromatic N) is 5. The standard InChI is InChI=1S/C28H32ClF2N5O3/c1-6-20(37)34-11-12-35-16(13-34)15-39-24-21(27(35)38)26(36-14-19(33(4)5)25(31)28(36,2)3)32-23(22(24)29)17-9-7-8-10-18(17)30/h6-10,16,19,25H,1,11-15H2,2-5H3/t16?,19-,25?/m1/s1. The highest BCUT2D eigenvalue weighted by Crippen LogP contribution is 2.47. The molecule has 1 aromatic heterocycles. The number of piperazine rings is 1. The van der Waals surface area contributed by atoms with Crippen LogP contribution >= 0.6 is 11.6 Å². The molecule has 3 atom stereocenters. The number of amides is 2. The van der Waals surface area contributed by atoms with E-state index < -0.39 is 29.6 Å². The average molecular weight is 560 g/mol. The van der Waals surface area contributed by atoms with Gasteiger partial charge in [-0.1, -0.05) is 30.3 Å². The first kappa shape index (κ1) is 27.3. The lowest BCUT2D eigenvalue weighted by Gasteiger charge is -2.40. The van der Waals surface area contributed by atoms with E-state index in [9.17, 15) is 14.0 Å². The lowest BCUT2D eigenvalue weighted by Crippen LogP contribution is -2.57. The van der Waals surface area contributed by atoms with Crippen molar-refractivity contribution in [3.63, 3.8) is 0 Å². The normalized spacial score (nSPS) is 24.3. The Bertz CT molecular complexity index is 1340. The number of anilines is 1. The van der Waals surface area contributed by atoms with Crippen LogP contribution in [-0.4, -0.2) is 102 Å². The van der Waals surface area contributed by atoms with Crippen molar-refractivity contribution in [2.24, 2.45) is 0 Å². The number of aromatic nitrogens is 1. The molecule has 2 fully saturated rings. The average Bonchev–Trinajstić information content (AvgIpc) is 3.05. The maximum atomic E-state index is 15.8. The largest absolute Gasteiger partial charge is 0.489 e. The number of ether oxygens (including phenoxy) is 1. The van der Waals surface area contributed by atoms with E-state index >= 15 is 4.39 Å². The first-order valence-corrected chi connectivity index (χ1v) is 13.3. The van der Waals surface area contributed by atoms with Crippen LogP contribution in [0.3, 0.4) is 0 Å². The summed E-state index contributed by atoms with van der Waals surface area (Å²) >= 11 is 6.82. The number of pyridine rings is 1. The topological polar surface area (TPSA) is 69.2 Å². The van der Waals surface area contributed by atoms with E-state index in [1.807, 2.05) is 4.90 Å². The van der Waals surface area contributed by atoms with E-state index in [2.05, 4.69) is 6.58 Å². The molecule has 2 saturated heterocycles. The number of hydrogen-bond donors (Lipinski definition) is 0. The van der Waals surface area contributed by atoms with Gasteiger partial charge in [0.05, 0.1) is 23.3 Å². The van der Waals surface area contributed by atoms with Crippen LogP contribution in [0.2, 0.25) is 5.02 Å². The predicted molar refractivity (Wildman–Crippen MR) is 146 cm³/mol. The second-order valence-corrected chi connectivity index (χ2v) is 11.3. The summed E-state index contributed by atoms with van der Waals surface area (Å²) in [5, 5.41) is 0.00373. The maximum Gasteiger partial charge on any atom is 0.261 e. The van der Waals surface area contributed by atoms with Crippen LogP contribution < -0.4 is 9.64 Å². The number of alkyl halides is 1. The van der Waals surface area contributed by atoms with Gasteiger partial charge in [-0.25, -0.2) is 13.8 Å². The zero-order valence-electron chi connectivity index (χ0n) is 22.5. The zero-order chi connectivity index (χ0) is 28.2. The van der Waals surface area contributed by atoms with Gasteiger partial charge in [0.25, 0.3) is 5.91 Å². The molecule has 208 valence electrons. The number of benzene rings is 1. The van der Waals surface area contributed by atoms with Crippen molar-refractivity contribution >= 4 is 29.2 Å². The molecule has 0 bridgehead atoms. The molecule has 0 spiro atoms. The van der Waals surface area contributed by atoms with Gasteiger partial charge in [0.1, 0.15) is 35.0 Å². The maximum absolute atomic E-state index is 15.8. The van der Waals surface area contributed by atoms with Crippen molar-refractivity contribution in [1.29, 1.82) is 0 Å². The minimum Gasteiger partial charge on any atom is -0.489 e. The third kappa shape index (κ3) is 4.43. The van der Waals surface area contributed by atoms with Gasteiger partial charge < -0.3 is 24.3 Å². The Balaban J connectivity index is 1.69. The summed E-state index contributed by atoms with van der Waals surface area (Å²) in [6.07, 6.45) is -0.0200. The Morgan fingerprint density at radius 2 is 1.97 bits per heavy atom. The number of likely N-dealkylation sites (N-methyl/N-ethyl adjacent to an activating group) is 1. The van der Waals surface area contributed by atoms with E-state index in [0.29, 0.717) is 6.54 Å². The van der Waals surface area contributed by atoms with Crippen LogP contribution in [0.1, 0.15) is 24.2 Å². The Hall–Kier alpha value is -3.24.